The van der Waals surface area contributed by atoms with Gasteiger partial charge in [-0.05, 0) is 35.4 Å². The Bertz CT molecular complexity index is 894. The fraction of sp³-hybridized carbons (Fsp3) is 0. The Kier molecular flexibility index (Phi) is 3.89. The molecule has 0 spiro atoms. The van der Waals surface area contributed by atoms with E-state index in [9.17, 15) is 20.7 Å². The van der Waals surface area contributed by atoms with Crippen LogP contribution < -0.4 is 0 Å². The van der Waals surface area contributed by atoms with Crippen molar-refractivity contribution in [1.82, 2.24) is 0 Å². The number of benzene rings is 3. The van der Waals surface area contributed by atoms with Crippen LogP contribution in [0.4, 0.5) is 0 Å². The van der Waals surface area contributed by atoms with Crippen molar-refractivity contribution in [1.29, 1.82) is 10.5 Å². The summed E-state index contributed by atoms with van der Waals surface area (Å²) >= 11 is 0. The molecule has 114 valence electrons. The number of phenols is 2. The highest BCUT2D eigenvalue weighted by molar-refractivity contribution is 5.82. The number of nitrogens with zero attached hydrogens (tertiary/aromatic N) is 2. The summed E-state index contributed by atoms with van der Waals surface area (Å²) in [5, 5.41) is 38.0. The van der Waals surface area contributed by atoms with Gasteiger partial charge >= 0.3 is 0 Å². The molecule has 0 saturated heterocycles. The van der Waals surface area contributed by atoms with E-state index in [1.807, 2.05) is 0 Å². The molecular formula is C20H12N2O2. The Morgan fingerprint density at radius 2 is 0.875 bits per heavy atom. The maximum atomic E-state index is 9.57. The normalized spacial score (nSPS) is 9.92. The second-order valence-electron chi connectivity index (χ2n) is 5.23. The van der Waals surface area contributed by atoms with Gasteiger partial charge in [-0.3, -0.25) is 0 Å². The SMILES string of the molecule is N#Cc1c(-c2ccc(O)cc2)ccc(-c2ccc(O)cc2)c1C#N. The van der Waals surface area contributed by atoms with Gasteiger partial charge in [0.25, 0.3) is 0 Å². The first-order chi connectivity index (χ1) is 11.6. The highest BCUT2D eigenvalue weighted by Crippen LogP contribution is 2.33. The van der Waals surface area contributed by atoms with Gasteiger partial charge in [-0.15, -0.1) is 0 Å². The summed E-state index contributed by atoms with van der Waals surface area (Å²) in [6.07, 6.45) is 0. The summed E-state index contributed by atoms with van der Waals surface area (Å²) in [4.78, 5) is 0. The van der Waals surface area contributed by atoms with Crippen molar-refractivity contribution in [2.45, 2.75) is 0 Å². The maximum absolute atomic E-state index is 9.57. The quantitative estimate of drug-likeness (QED) is 0.743. The third-order valence-corrected chi connectivity index (χ3v) is 3.79. The molecule has 2 N–H and O–H groups in total. The number of phenolic OH excluding ortho intramolecular Hbond substituents is 2. The third kappa shape index (κ3) is 2.65. The first kappa shape index (κ1) is 15.1. The van der Waals surface area contributed by atoms with Crippen LogP contribution in [0.1, 0.15) is 11.1 Å². The predicted molar refractivity (Wildman–Crippen MR) is 90.1 cm³/mol. The van der Waals surface area contributed by atoms with Crippen LogP contribution in [0.3, 0.4) is 0 Å². The van der Waals surface area contributed by atoms with Crippen LogP contribution in [0.5, 0.6) is 11.5 Å². The number of hydrogen-bond donors (Lipinski definition) is 2. The zero-order valence-corrected chi connectivity index (χ0v) is 12.6. The minimum absolute atomic E-state index is 0.137. The standard InChI is InChI=1S/C20H12N2O2/c21-11-19-17(13-1-5-15(23)6-2-13)9-10-18(20(19)12-22)14-3-7-16(24)8-4-14/h1-10,23-24H. The monoisotopic (exact) mass is 312 g/mol. The lowest BCUT2D eigenvalue weighted by atomic mass is 9.90. The lowest BCUT2D eigenvalue weighted by Crippen LogP contribution is -1.94. The molecule has 0 aliphatic rings. The molecule has 4 heteroatoms. The third-order valence-electron chi connectivity index (χ3n) is 3.79. The van der Waals surface area contributed by atoms with Crippen molar-refractivity contribution in [3.8, 4) is 45.9 Å². The van der Waals surface area contributed by atoms with Gasteiger partial charge < -0.3 is 10.2 Å². The first-order valence-electron chi connectivity index (χ1n) is 7.20. The number of nitriles is 2. The van der Waals surface area contributed by atoms with Crippen molar-refractivity contribution < 1.29 is 10.2 Å². The van der Waals surface area contributed by atoms with E-state index in [2.05, 4.69) is 12.1 Å². The first-order valence-corrected chi connectivity index (χ1v) is 7.20. The molecule has 3 rings (SSSR count). The van der Waals surface area contributed by atoms with Gasteiger partial charge in [-0.25, -0.2) is 0 Å². The Morgan fingerprint density at radius 1 is 0.542 bits per heavy atom. The van der Waals surface area contributed by atoms with Gasteiger partial charge in [-0.2, -0.15) is 10.5 Å². The molecule has 0 atom stereocenters. The van der Waals surface area contributed by atoms with E-state index in [0.717, 1.165) is 11.1 Å². The molecule has 0 bridgehead atoms. The fourth-order valence-corrected chi connectivity index (χ4v) is 2.60. The van der Waals surface area contributed by atoms with Gasteiger partial charge in [0, 0.05) is 11.1 Å². The molecule has 3 aromatic carbocycles. The summed E-state index contributed by atoms with van der Waals surface area (Å²) in [5.74, 6) is 0.275. The zero-order valence-electron chi connectivity index (χ0n) is 12.6. The van der Waals surface area contributed by atoms with Crippen molar-refractivity contribution in [3.63, 3.8) is 0 Å². The lowest BCUT2D eigenvalue weighted by molar-refractivity contribution is 0.475. The molecule has 0 fully saturated rings. The molecule has 0 heterocycles. The van der Waals surface area contributed by atoms with Gasteiger partial charge in [0.2, 0.25) is 0 Å². The van der Waals surface area contributed by atoms with E-state index in [0.29, 0.717) is 11.1 Å². The van der Waals surface area contributed by atoms with E-state index in [1.54, 1.807) is 36.4 Å². The van der Waals surface area contributed by atoms with Crippen molar-refractivity contribution in [2.75, 3.05) is 0 Å². The topological polar surface area (TPSA) is 88.0 Å². The lowest BCUT2D eigenvalue weighted by Gasteiger charge is -2.11. The summed E-state index contributed by atoms with van der Waals surface area (Å²) in [6.45, 7) is 0. The average molecular weight is 312 g/mol. The number of rotatable bonds is 2. The molecule has 0 aliphatic heterocycles. The molecule has 0 amide bonds. The average Bonchev–Trinajstić information content (AvgIpc) is 2.62. The molecule has 3 aromatic rings. The van der Waals surface area contributed by atoms with Crippen LogP contribution in [0.15, 0.2) is 60.7 Å². The van der Waals surface area contributed by atoms with Crippen molar-refractivity contribution in [2.24, 2.45) is 0 Å². The second-order valence-corrected chi connectivity index (χ2v) is 5.23. The highest BCUT2D eigenvalue weighted by Gasteiger charge is 2.15. The minimum Gasteiger partial charge on any atom is -0.508 e. The zero-order chi connectivity index (χ0) is 17.1. The van der Waals surface area contributed by atoms with Crippen LogP contribution in [0.25, 0.3) is 22.3 Å². The summed E-state index contributed by atoms with van der Waals surface area (Å²) in [5.41, 5.74) is 3.34. The summed E-state index contributed by atoms with van der Waals surface area (Å²) in [7, 11) is 0. The molecule has 0 unspecified atom stereocenters. The minimum atomic E-state index is 0.137. The highest BCUT2D eigenvalue weighted by atomic mass is 16.3. The molecule has 24 heavy (non-hydrogen) atoms. The maximum Gasteiger partial charge on any atom is 0.115 e. The van der Waals surface area contributed by atoms with E-state index in [-0.39, 0.29) is 22.6 Å². The van der Waals surface area contributed by atoms with Crippen LogP contribution in [0, 0.1) is 22.7 Å². The van der Waals surface area contributed by atoms with Gasteiger partial charge in [0.15, 0.2) is 0 Å². The van der Waals surface area contributed by atoms with Crippen LogP contribution >= 0.6 is 0 Å². The van der Waals surface area contributed by atoms with Crippen LogP contribution in [0.2, 0.25) is 0 Å². The molecular weight excluding hydrogens is 300 g/mol. The Labute approximate surface area is 139 Å². The van der Waals surface area contributed by atoms with Crippen molar-refractivity contribution >= 4 is 0 Å². The van der Waals surface area contributed by atoms with Gasteiger partial charge in [-0.1, -0.05) is 36.4 Å². The van der Waals surface area contributed by atoms with Crippen molar-refractivity contribution in [3.05, 3.63) is 71.8 Å². The Balaban J connectivity index is 2.22. The van der Waals surface area contributed by atoms with Gasteiger partial charge in [0.05, 0.1) is 11.1 Å². The number of hydrogen-bond acceptors (Lipinski definition) is 4. The van der Waals surface area contributed by atoms with E-state index < -0.39 is 0 Å². The molecule has 4 nitrogen and oxygen atoms in total. The number of aromatic hydroxyl groups is 2. The molecule has 0 saturated carbocycles. The van der Waals surface area contributed by atoms with E-state index in [1.165, 1.54) is 24.3 Å². The van der Waals surface area contributed by atoms with Crippen LogP contribution in [-0.2, 0) is 0 Å². The second kappa shape index (κ2) is 6.16. The molecule has 0 aromatic heterocycles. The van der Waals surface area contributed by atoms with E-state index >= 15 is 0 Å². The molecule has 0 aliphatic carbocycles. The predicted octanol–water partition coefficient (Wildman–Crippen LogP) is 4.18. The summed E-state index contributed by atoms with van der Waals surface area (Å²) in [6, 6.07) is 20.8. The summed E-state index contributed by atoms with van der Waals surface area (Å²) < 4.78 is 0. The fourth-order valence-electron chi connectivity index (χ4n) is 2.60. The van der Waals surface area contributed by atoms with Gasteiger partial charge in [0.1, 0.15) is 23.6 Å². The van der Waals surface area contributed by atoms with E-state index in [4.69, 9.17) is 0 Å². The smallest absolute Gasteiger partial charge is 0.115 e. The molecule has 0 radical (unpaired) electrons. The Hall–Kier alpha value is -3.76. The van der Waals surface area contributed by atoms with Crippen LogP contribution in [-0.4, -0.2) is 10.2 Å². The largest absolute Gasteiger partial charge is 0.508 e. The Morgan fingerprint density at radius 3 is 1.17 bits per heavy atom.